The molecular formula is C18H28N2O. The molecule has 21 heavy (non-hydrogen) atoms. The molecule has 116 valence electrons. The van der Waals surface area contributed by atoms with Crippen molar-refractivity contribution in [2.24, 2.45) is 5.73 Å². The third-order valence-corrected chi connectivity index (χ3v) is 4.43. The quantitative estimate of drug-likeness (QED) is 0.843. The molecule has 1 aromatic rings. The van der Waals surface area contributed by atoms with Crippen LogP contribution in [0.4, 0.5) is 0 Å². The predicted octanol–water partition coefficient (Wildman–Crippen LogP) is 3.51. The number of hydrogen-bond acceptors (Lipinski definition) is 2. The number of hydrogen-bond donors (Lipinski definition) is 1. The van der Waals surface area contributed by atoms with Crippen LogP contribution >= 0.6 is 0 Å². The zero-order valence-corrected chi connectivity index (χ0v) is 13.2. The van der Waals surface area contributed by atoms with Crippen molar-refractivity contribution in [3.8, 4) is 0 Å². The summed E-state index contributed by atoms with van der Waals surface area (Å²) in [7, 11) is 0. The Morgan fingerprint density at radius 2 is 1.76 bits per heavy atom. The van der Waals surface area contributed by atoms with Crippen LogP contribution in [0.15, 0.2) is 24.3 Å². The van der Waals surface area contributed by atoms with Gasteiger partial charge in [-0.3, -0.25) is 4.79 Å². The van der Waals surface area contributed by atoms with Crippen LogP contribution in [0.3, 0.4) is 0 Å². The molecule has 0 atom stereocenters. The first kappa shape index (κ1) is 16.0. The van der Waals surface area contributed by atoms with E-state index in [0.29, 0.717) is 12.6 Å². The van der Waals surface area contributed by atoms with Crippen LogP contribution in [-0.4, -0.2) is 29.9 Å². The molecule has 0 aromatic heterocycles. The van der Waals surface area contributed by atoms with Crippen molar-refractivity contribution in [3.05, 3.63) is 35.4 Å². The molecule has 0 spiro atoms. The summed E-state index contributed by atoms with van der Waals surface area (Å²) in [6.45, 7) is 3.48. The van der Waals surface area contributed by atoms with E-state index in [9.17, 15) is 4.79 Å². The minimum Gasteiger partial charge on any atom is -0.336 e. The maximum absolute atomic E-state index is 12.9. The van der Waals surface area contributed by atoms with Gasteiger partial charge in [0.2, 0.25) is 0 Å². The van der Waals surface area contributed by atoms with E-state index in [-0.39, 0.29) is 5.91 Å². The highest BCUT2D eigenvalue weighted by atomic mass is 16.2. The first-order chi connectivity index (χ1) is 10.2. The highest BCUT2D eigenvalue weighted by molar-refractivity contribution is 5.94. The molecule has 1 aromatic carbocycles. The summed E-state index contributed by atoms with van der Waals surface area (Å²) in [5, 5.41) is 0. The van der Waals surface area contributed by atoms with Gasteiger partial charge in [-0.25, -0.2) is 0 Å². The van der Waals surface area contributed by atoms with Crippen LogP contribution in [0.1, 0.15) is 60.9 Å². The Balaban J connectivity index is 2.13. The fourth-order valence-corrected chi connectivity index (χ4v) is 3.14. The smallest absolute Gasteiger partial charge is 0.254 e. The average Bonchev–Trinajstić information content (AvgIpc) is 2.77. The normalized spacial score (nSPS) is 16.5. The van der Waals surface area contributed by atoms with Crippen LogP contribution in [0, 0.1) is 6.92 Å². The number of nitrogens with zero attached hydrogens (tertiary/aromatic N) is 1. The second kappa shape index (κ2) is 8.18. The molecule has 0 unspecified atom stereocenters. The standard InChI is InChI=1S/C18H28N2O/c1-15-9-11-16(12-10-15)18(21)20(14-6-13-19)17-7-4-2-3-5-8-17/h9-12,17H,2-8,13-14,19H2,1H3. The lowest BCUT2D eigenvalue weighted by Crippen LogP contribution is -2.41. The fourth-order valence-electron chi connectivity index (χ4n) is 3.14. The van der Waals surface area contributed by atoms with Crippen molar-refractivity contribution in [2.45, 2.75) is 57.9 Å². The molecule has 0 saturated heterocycles. The highest BCUT2D eigenvalue weighted by Gasteiger charge is 2.24. The maximum atomic E-state index is 12.9. The van der Waals surface area contributed by atoms with E-state index in [0.717, 1.165) is 31.4 Å². The molecule has 1 fully saturated rings. The second-order valence-corrected chi connectivity index (χ2v) is 6.15. The molecule has 3 heteroatoms. The number of benzene rings is 1. The van der Waals surface area contributed by atoms with Crippen molar-refractivity contribution in [3.63, 3.8) is 0 Å². The van der Waals surface area contributed by atoms with E-state index >= 15 is 0 Å². The molecule has 2 rings (SSSR count). The number of carbonyl (C=O) groups excluding carboxylic acids is 1. The van der Waals surface area contributed by atoms with E-state index in [1.54, 1.807) is 0 Å². The SMILES string of the molecule is Cc1ccc(C(=O)N(CCCN)C2CCCCCC2)cc1. The number of nitrogens with two attached hydrogens (primary N) is 1. The summed E-state index contributed by atoms with van der Waals surface area (Å²) >= 11 is 0. The molecule has 0 radical (unpaired) electrons. The Morgan fingerprint density at radius 3 is 2.33 bits per heavy atom. The van der Waals surface area contributed by atoms with Gasteiger partial charge in [0.15, 0.2) is 0 Å². The number of rotatable bonds is 5. The molecular weight excluding hydrogens is 260 g/mol. The van der Waals surface area contributed by atoms with Crippen LogP contribution in [-0.2, 0) is 0 Å². The Labute approximate surface area is 128 Å². The van der Waals surface area contributed by atoms with E-state index in [4.69, 9.17) is 5.73 Å². The van der Waals surface area contributed by atoms with Gasteiger partial charge in [-0.05, 0) is 44.9 Å². The molecule has 0 bridgehead atoms. The first-order valence-electron chi connectivity index (χ1n) is 8.30. The molecule has 1 amide bonds. The lowest BCUT2D eigenvalue weighted by molar-refractivity contribution is 0.0659. The zero-order chi connectivity index (χ0) is 15.1. The van der Waals surface area contributed by atoms with E-state index in [1.807, 2.05) is 31.2 Å². The van der Waals surface area contributed by atoms with E-state index in [2.05, 4.69) is 4.90 Å². The summed E-state index contributed by atoms with van der Waals surface area (Å²) in [4.78, 5) is 14.9. The van der Waals surface area contributed by atoms with Gasteiger partial charge in [-0.2, -0.15) is 0 Å². The predicted molar refractivity (Wildman–Crippen MR) is 87.4 cm³/mol. The van der Waals surface area contributed by atoms with Crippen LogP contribution in [0.25, 0.3) is 0 Å². The van der Waals surface area contributed by atoms with E-state index < -0.39 is 0 Å². The van der Waals surface area contributed by atoms with E-state index in [1.165, 1.54) is 31.2 Å². The van der Waals surface area contributed by atoms with Gasteiger partial charge < -0.3 is 10.6 Å². The Morgan fingerprint density at radius 1 is 1.14 bits per heavy atom. The van der Waals surface area contributed by atoms with Crippen LogP contribution in [0.2, 0.25) is 0 Å². The number of carbonyl (C=O) groups is 1. The Kier molecular flexibility index (Phi) is 6.24. The van der Waals surface area contributed by atoms with Gasteiger partial charge in [0.1, 0.15) is 0 Å². The monoisotopic (exact) mass is 288 g/mol. The number of amides is 1. The summed E-state index contributed by atoms with van der Waals surface area (Å²) in [6.07, 6.45) is 8.26. The summed E-state index contributed by atoms with van der Waals surface area (Å²) in [5.74, 6) is 0.176. The van der Waals surface area contributed by atoms with Gasteiger partial charge in [0, 0.05) is 18.2 Å². The van der Waals surface area contributed by atoms with Crippen molar-refractivity contribution in [1.82, 2.24) is 4.90 Å². The third kappa shape index (κ3) is 4.57. The molecule has 1 aliphatic carbocycles. The summed E-state index contributed by atoms with van der Waals surface area (Å²) in [5.41, 5.74) is 7.65. The largest absolute Gasteiger partial charge is 0.336 e. The topological polar surface area (TPSA) is 46.3 Å². The van der Waals surface area contributed by atoms with Crippen molar-refractivity contribution >= 4 is 5.91 Å². The minimum atomic E-state index is 0.176. The van der Waals surface area contributed by atoms with Gasteiger partial charge in [0.05, 0.1) is 0 Å². The maximum Gasteiger partial charge on any atom is 0.254 e. The number of aryl methyl sites for hydroxylation is 1. The lowest BCUT2D eigenvalue weighted by Gasteiger charge is -2.31. The highest BCUT2D eigenvalue weighted by Crippen LogP contribution is 2.23. The molecule has 0 aliphatic heterocycles. The molecule has 2 N–H and O–H groups in total. The fraction of sp³-hybridized carbons (Fsp3) is 0.611. The van der Waals surface area contributed by atoms with Crippen molar-refractivity contribution < 1.29 is 4.79 Å². The lowest BCUT2D eigenvalue weighted by atomic mass is 10.0. The van der Waals surface area contributed by atoms with Gasteiger partial charge in [0.25, 0.3) is 5.91 Å². The zero-order valence-electron chi connectivity index (χ0n) is 13.2. The minimum absolute atomic E-state index is 0.176. The van der Waals surface area contributed by atoms with Gasteiger partial charge in [-0.1, -0.05) is 43.4 Å². The van der Waals surface area contributed by atoms with Gasteiger partial charge >= 0.3 is 0 Å². The third-order valence-electron chi connectivity index (χ3n) is 4.43. The molecule has 1 aliphatic rings. The van der Waals surface area contributed by atoms with Crippen LogP contribution in [0.5, 0.6) is 0 Å². The Bertz CT molecular complexity index is 433. The molecule has 1 saturated carbocycles. The molecule has 3 nitrogen and oxygen atoms in total. The van der Waals surface area contributed by atoms with Crippen molar-refractivity contribution in [2.75, 3.05) is 13.1 Å². The van der Waals surface area contributed by atoms with Crippen LogP contribution < -0.4 is 5.73 Å². The summed E-state index contributed by atoms with van der Waals surface area (Å²) in [6, 6.07) is 8.32. The van der Waals surface area contributed by atoms with Crippen molar-refractivity contribution in [1.29, 1.82) is 0 Å². The second-order valence-electron chi connectivity index (χ2n) is 6.15. The summed E-state index contributed by atoms with van der Waals surface area (Å²) < 4.78 is 0. The average molecular weight is 288 g/mol. The molecule has 0 heterocycles. The Hall–Kier alpha value is -1.35. The van der Waals surface area contributed by atoms with Gasteiger partial charge in [-0.15, -0.1) is 0 Å². The first-order valence-corrected chi connectivity index (χ1v) is 8.30.